The maximum absolute atomic E-state index is 5.80. The van der Waals surface area contributed by atoms with Gasteiger partial charge in [0.15, 0.2) is 5.11 Å². The van der Waals surface area contributed by atoms with Gasteiger partial charge in [-0.15, -0.1) is 0 Å². The summed E-state index contributed by atoms with van der Waals surface area (Å²) in [6.45, 7) is 7.14. The molecule has 1 N–H and O–H groups in total. The molecule has 4 rings (SSSR count). The van der Waals surface area contributed by atoms with Gasteiger partial charge in [0, 0.05) is 17.8 Å². The van der Waals surface area contributed by atoms with Crippen molar-refractivity contribution in [3.8, 4) is 17.1 Å². The molecule has 1 unspecified atom stereocenters. The molecule has 1 aromatic heterocycles. The van der Waals surface area contributed by atoms with E-state index < -0.39 is 0 Å². The van der Waals surface area contributed by atoms with Crippen LogP contribution in [-0.4, -0.2) is 33.8 Å². The predicted molar refractivity (Wildman–Crippen MR) is 130 cm³/mol. The molecule has 166 valence electrons. The minimum Gasteiger partial charge on any atom is -0.497 e. The van der Waals surface area contributed by atoms with E-state index in [4.69, 9.17) is 26.5 Å². The maximum atomic E-state index is 5.80. The lowest BCUT2D eigenvalue weighted by Crippen LogP contribution is -2.46. The normalized spacial score (nSPS) is 16.3. The fraction of sp³-hybridized carbons (Fsp3) is 0.320. The van der Waals surface area contributed by atoms with Gasteiger partial charge in [-0.1, -0.05) is 54.4 Å². The molecule has 0 bridgehead atoms. The van der Waals surface area contributed by atoms with Gasteiger partial charge in [-0.2, -0.15) is 4.98 Å². The third kappa shape index (κ3) is 4.39. The van der Waals surface area contributed by atoms with Gasteiger partial charge in [-0.3, -0.25) is 0 Å². The van der Waals surface area contributed by atoms with Crippen LogP contribution in [0, 0.1) is 6.92 Å². The van der Waals surface area contributed by atoms with Crippen LogP contribution < -0.4 is 10.1 Å². The fourth-order valence-corrected chi connectivity index (χ4v) is 4.27. The Morgan fingerprint density at radius 1 is 1.16 bits per heavy atom. The van der Waals surface area contributed by atoms with Crippen molar-refractivity contribution in [3.63, 3.8) is 0 Å². The molecular formula is C25H28N4O2S. The first-order valence-electron chi connectivity index (χ1n) is 10.9. The second-order valence-electron chi connectivity index (χ2n) is 7.95. The standard InChI is InChI=1S/C25H28N4O2S/c1-5-6-14-29-17(3)21(22(26-25(29)32)18-10-12-20(30-4)13-11-18)24-27-23(28-31-24)19-9-7-8-16(2)15-19/h7-13,15,22H,5-6,14H2,1-4H3,(H,26,32). The van der Waals surface area contributed by atoms with Crippen LogP contribution in [0.15, 0.2) is 58.8 Å². The minimum atomic E-state index is -0.197. The Labute approximate surface area is 194 Å². The van der Waals surface area contributed by atoms with E-state index in [9.17, 15) is 0 Å². The van der Waals surface area contributed by atoms with Crippen LogP contribution in [-0.2, 0) is 0 Å². The Kier molecular flexibility index (Phi) is 6.55. The SMILES string of the molecule is CCCCN1C(=S)NC(c2ccc(OC)cc2)C(c2nc(-c3cccc(C)c3)no2)=C1C. The zero-order valence-electron chi connectivity index (χ0n) is 18.9. The summed E-state index contributed by atoms with van der Waals surface area (Å²) < 4.78 is 11.1. The number of aryl methyl sites for hydroxylation is 1. The highest BCUT2D eigenvalue weighted by Crippen LogP contribution is 2.38. The number of unbranched alkanes of at least 4 members (excludes halogenated alkanes) is 1. The largest absolute Gasteiger partial charge is 0.497 e. The van der Waals surface area contributed by atoms with Crippen molar-refractivity contribution in [2.75, 3.05) is 13.7 Å². The molecule has 2 heterocycles. The van der Waals surface area contributed by atoms with Gasteiger partial charge in [0.05, 0.1) is 18.7 Å². The van der Waals surface area contributed by atoms with Gasteiger partial charge >= 0.3 is 0 Å². The number of thiocarbonyl (C=S) groups is 1. The molecule has 1 aliphatic rings. The Bertz CT molecular complexity index is 1140. The average molecular weight is 449 g/mol. The van der Waals surface area contributed by atoms with Gasteiger partial charge in [0.1, 0.15) is 5.75 Å². The Morgan fingerprint density at radius 2 is 1.94 bits per heavy atom. The highest BCUT2D eigenvalue weighted by molar-refractivity contribution is 7.80. The van der Waals surface area contributed by atoms with E-state index in [0.29, 0.717) is 16.8 Å². The Balaban J connectivity index is 1.79. The van der Waals surface area contributed by atoms with Crippen molar-refractivity contribution in [3.05, 3.63) is 71.2 Å². The number of benzene rings is 2. The lowest BCUT2D eigenvalue weighted by molar-refractivity contribution is 0.395. The molecule has 6 nitrogen and oxygen atoms in total. The minimum absolute atomic E-state index is 0.197. The van der Waals surface area contributed by atoms with Gasteiger partial charge < -0.3 is 19.5 Å². The number of hydrogen-bond acceptors (Lipinski definition) is 5. The molecule has 0 saturated heterocycles. The average Bonchev–Trinajstić information content (AvgIpc) is 3.28. The number of allylic oxidation sites excluding steroid dienone is 1. The van der Waals surface area contributed by atoms with Gasteiger partial charge in [-0.05, 0) is 56.2 Å². The first-order chi connectivity index (χ1) is 15.5. The lowest BCUT2D eigenvalue weighted by Gasteiger charge is -2.37. The van der Waals surface area contributed by atoms with Crippen LogP contribution in [0.3, 0.4) is 0 Å². The van der Waals surface area contributed by atoms with Crippen LogP contribution >= 0.6 is 12.2 Å². The summed E-state index contributed by atoms with van der Waals surface area (Å²) >= 11 is 5.73. The zero-order valence-corrected chi connectivity index (χ0v) is 19.7. The summed E-state index contributed by atoms with van der Waals surface area (Å²) in [5.41, 5.74) is 5.10. The molecule has 2 aromatic carbocycles. The summed E-state index contributed by atoms with van der Waals surface area (Å²) in [7, 11) is 1.66. The molecule has 3 aromatic rings. The monoisotopic (exact) mass is 448 g/mol. The molecule has 32 heavy (non-hydrogen) atoms. The van der Waals surface area contributed by atoms with Gasteiger partial charge in [0.25, 0.3) is 5.89 Å². The van der Waals surface area contributed by atoms with Crippen LogP contribution in [0.4, 0.5) is 0 Å². The van der Waals surface area contributed by atoms with Crippen molar-refractivity contribution >= 4 is 22.9 Å². The predicted octanol–water partition coefficient (Wildman–Crippen LogP) is 5.52. The summed E-state index contributed by atoms with van der Waals surface area (Å²) in [5, 5.41) is 8.48. The number of rotatable bonds is 7. The molecule has 0 fully saturated rings. The quantitative estimate of drug-likeness (QED) is 0.478. The second kappa shape index (κ2) is 9.53. The molecule has 0 saturated carbocycles. The Morgan fingerprint density at radius 3 is 2.62 bits per heavy atom. The van der Waals surface area contributed by atoms with E-state index in [2.05, 4.69) is 48.3 Å². The molecule has 7 heteroatoms. The number of nitrogens with one attached hydrogen (secondary N) is 1. The summed E-state index contributed by atoms with van der Waals surface area (Å²) in [5.74, 6) is 1.88. The van der Waals surface area contributed by atoms with Crippen LogP contribution in [0.25, 0.3) is 17.0 Å². The molecule has 0 amide bonds. The first kappa shape index (κ1) is 22.0. The van der Waals surface area contributed by atoms with E-state index in [1.165, 1.54) is 0 Å². The number of hydrogen-bond donors (Lipinski definition) is 1. The summed E-state index contributed by atoms with van der Waals surface area (Å²) in [6, 6.07) is 15.9. The molecule has 1 atom stereocenters. The number of methoxy groups -OCH3 is 1. The van der Waals surface area contributed by atoms with Crippen LogP contribution in [0.5, 0.6) is 5.75 Å². The fourth-order valence-electron chi connectivity index (χ4n) is 3.92. The molecule has 0 spiro atoms. The zero-order chi connectivity index (χ0) is 22.7. The molecule has 0 radical (unpaired) electrons. The van der Waals surface area contributed by atoms with Crippen molar-refractivity contribution in [2.45, 2.75) is 39.7 Å². The topological polar surface area (TPSA) is 63.4 Å². The van der Waals surface area contributed by atoms with E-state index in [1.807, 2.05) is 36.4 Å². The number of nitrogens with zero attached hydrogens (tertiary/aromatic N) is 3. The number of aromatic nitrogens is 2. The van der Waals surface area contributed by atoms with Crippen LogP contribution in [0.1, 0.15) is 49.7 Å². The lowest BCUT2D eigenvalue weighted by atomic mass is 9.94. The van der Waals surface area contributed by atoms with Gasteiger partial charge in [0.2, 0.25) is 5.82 Å². The third-order valence-corrected chi connectivity index (χ3v) is 6.05. The van der Waals surface area contributed by atoms with Crippen LogP contribution in [0.2, 0.25) is 0 Å². The van der Waals surface area contributed by atoms with E-state index in [-0.39, 0.29) is 6.04 Å². The van der Waals surface area contributed by atoms with Crippen molar-refractivity contribution < 1.29 is 9.26 Å². The number of ether oxygens (including phenoxy) is 1. The van der Waals surface area contributed by atoms with Gasteiger partial charge in [-0.25, -0.2) is 0 Å². The molecular weight excluding hydrogens is 420 g/mol. The van der Waals surface area contributed by atoms with Crippen molar-refractivity contribution in [1.82, 2.24) is 20.4 Å². The van der Waals surface area contributed by atoms with E-state index in [1.54, 1.807) is 7.11 Å². The van der Waals surface area contributed by atoms with Crippen molar-refractivity contribution in [1.29, 1.82) is 0 Å². The third-order valence-electron chi connectivity index (χ3n) is 5.71. The Hall–Kier alpha value is -3.19. The summed E-state index contributed by atoms with van der Waals surface area (Å²) in [6.07, 6.45) is 2.12. The van der Waals surface area contributed by atoms with Crippen molar-refractivity contribution in [2.24, 2.45) is 0 Å². The smallest absolute Gasteiger partial charge is 0.258 e. The second-order valence-corrected chi connectivity index (χ2v) is 8.34. The highest BCUT2D eigenvalue weighted by Gasteiger charge is 2.33. The maximum Gasteiger partial charge on any atom is 0.258 e. The van der Waals surface area contributed by atoms with E-state index in [0.717, 1.165) is 53.1 Å². The van der Waals surface area contributed by atoms with E-state index >= 15 is 0 Å². The summed E-state index contributed by atoms with van der Waals surface area (Å²) in [4.78, 5) is 6.90. The first-order valence-corrected chi connectivity index (χ1v) is 11.3. The molecule has 0 aliphatic carbocycles. The molecule has 1 aliphatic heterocycles. The highest BCUT2D eigenvalue weighted by atomic mass is 32.1.